The van der Waals surface area contributed by atoms with Gasteiger partial charge in [0.05, 0.1) is 11.6 Å². The van der Waals surface area contributed by atoms with E-state index in [1.165, 1.54) is 12.1 Å². The molecule has 1 atom stereocenters. The molecule has 108 valence electrons. The van der Waals surface area contributed by atoms with Crippen molar-refractivity contribution in [2.45, 2.75) is 25.8 Å². The summed E-state index contributed by atoms with van der Waals surface area (Å²) in [5.74, 6) is -2.66. The minimum absolute atomic E-state index is 0.0127. The normalized spacial score (nSPS) is 11.7. The quantitative estimate of drug-likeness (QED) is 0.610. The molecule has 0 aliphatic rings. The summed E-state index contributed by atoms with van der Waals surface area (Å²) in [6.45, 7) is 1.57. The lowest BCUT2D eigenvalue weighted by atomic mass is 10.1. The molecular weight excluding hydrogens is 264 g/mol. The lowest BCUT2D eigenvalue weighted by molar-refractivity contribution is -0.137. The number of amides is 1. The van der Waals surface area contributed by atoms with Gasteiger partial charge in [0.15, 0.2) is 0 Å². The number of aromatic carboxylic acids is 1. The predicted molar refractivity (Wildman–Crippen MR) is 71.6 cm³/mol. The van der Waals surface area contributed by atoms with Crippen LogP contribution in [0.2, 0.25) is 0 Å². The minimum Gasteiger partial charge on any atom is -0.481 e. The van der Waals surface area contributed by atoms with Crippen LogP contribution in [0.1, 0.15) is 28.8 Å². The highest BCUT2D eigenvalue weighted by Gasteiger charge is 2.17. The molecule has 0 bridgehead atoms. The minimum atomic E-state index is -1.09. The Bertz CT molecular complexity index is 542. The third kappa shape index (κ3) is 4.06. The van der Waals surface area contributed by atoms with E-state index in [2.05, 4.69) is 5.32 Å². The van der Waals surface area contributed by atoms with E-state index in [4.69, 9.17) is 15.9 Å². The Balaban J connectivity index is 2.78. The second-order valence-electron chi connectivity index (χ2n) is 4.31. The molecule has 7 heteroatoms. The van der Waals surface area contributed by atoms with E-state index in [9.17, 15) is 14.4 Å². The van der Waals surface area contributed by atoms with Crippen LogP contribution in [0.5, 0.6) is 0 Å². The number of carbonyl (C=O) groups excluding carboxylic acids is 1. The second-order valence-corrected chi connectivity index (χ2v) is 4.31. The standard InChI is InChI=1S/C13H16N2O5/c1-7-8(13(19)20)3-2-4-10(7)15-12(18)9(14)5-6-11(16)17/h2-4,9H,5-6,14H2,1H3,(H,15,18)(H,16,17)(H,19,20). The van der Waals surface area contributed by atoms with Crippen molar-refractivity contribution in [3.05, 3.63) is 29.3 Å². The zero-order valence-corrected chi connectivity index (χ0v) is 10.9. The maximum atomic E-state index is 11.8. The number of nitrogens with one attached hydrogen (secondary N) is 1. The highest BCUT2D eigenvalue weighted by Crippen LogP contribution is 2.19. The van der Waals surface area contributed by atoms with Crippen LogP contribution in [0.3, 0.4) is 0 Å². The van der Waals surface area contributed by atoms with Crippen molar-refractivity contribution in [2.75, 3.05) is 5.32 Å². The monoisotopic (exact) mass is 280 g/mol. The molecule has 0 aromatic heterocycles. The summed E-state index contributed by atoms with van der Waals surface area (Å²) in [6, 6.07) is 3.54. The maximum Gasteiger partial charge on any atom is 0.336 e. The lowest BCUT2D eigenvalue weighted by Crippen LogP contribution is -2.36. The molecular formula is C13H16N2O5. The molecule has 0 fully saturated rings. The number of carbonyl (C=O) groups is 3. The topological polar surface area (TPSA) is 130 Å². The number of benzene rings is 1. The van der Waals surface area contributed by atoms with E-state index >= 15 is 0 Å². The SMILES string of the molecule is Cc1c(NC(=O)C(N)CCC(=O)O)cccc1C(=O)O. The third-order valence-electron chi connectivity index (χ3n) is 2.83. The molecule has 1 amide bonds. The number of anilines is 1. The van der Waals surface area contributed by atoms with Gasteiger partial charge in [0.1, 0.15) is 0 Å². The average molecular weight is 280 g/mol. The van der Waals surface area contributed by atoms with E-state index in [-0.39, 0.29) is 18.4 Å². The van der Waals surface area contributed by atoms with Crippen LogP contribution in [0.15, 0.2) is 18.2 Å². The van der Waals surface area contributed by atoms with Crippen molar-refractivity contribution in [3.63, 3.8) is 0 Å². The van der Waals surface area contributed by atoms with E-state index in [0.717, 1.165) is 0 Å². The van der Waals surface area contributed by atoms with Crippen molar-refractivity contribution in [1.82, 2.24) is 0 Å². The number of rotatable bonds is 6. The zero-order valence-electron chi connectivity index (χ0n) is 10.9. The number of nitrogens with two attached hydrogens (primary N) is 1. The summed E-state index contributed by atoms with van der Waals surface area (Å²) in [5.41, 5.74) is 6.42. The molecule has 0 radical (unpaired) electrons. The number of carboxylic acid groups (broad SMARTS) is 2. The van der Waals surface area contributed by atoms with Gasteiger partial charge in [-0.2, -0.15) is 0 Å². The summed E-state index contributed by atoms with van der Waals surface area (Å²) in [4.78, 5) is 33.2. The van der Waals surface area contributed by atoms with Gasteiger partial charge in [-0.05, 0) is 31.0 Å². The first kappa shape index (κ1) is 15.6. The molecule has 7 nitrogen and oxygen atoms in total. The van der Waals surface area contributed by atoms with Crippen molar-refractivity contribution in [1.29, 1.82) is 0 Å². The Hall–Kier alpha value is -2.41. The molecule has 5 N–H and O–H groups in total. The van der Waals surface area contributed by atoms with Crippen molar-refractivity contribution >= 4 is 23.5 Å². The van der Waals surface area contributed by atoms with Crippen LogP contribution in [0, 0.1) is 6.92 Å². The fourth-order valence-electron chi connectivity index (χ4n) is 1.64. The second kappa shape index (κ2) is 6.67. The summed E-state index contributed by atoms with van der Waals surface area (Å²) in [6.07, 6.45) is -0.193. The highest BCUT2D eigenvalue weighted by atomic mass is 16.4. The molecule has 20 heavy (non-hydrogen) atoms. The fourth-order valence-corrected chi connectivity index (χ4v) is 1.64. The Morgan fingerprint density at radius 1 is 1.30 bits per heavy atom. The average Bonchev–Trinajstić information content (AvgIpc) is 2.37. The third-order valence-corrected chi connectivity index (χ3v) is 2.83. The van der Waals surface area contributed by atoms with Gasteiger partial charge in [-0.3, -0.25) is 9.59 Å². The maximum absolute atomic E-state index is 11.8. The highest BCUT2D eigenvalue weighted by molar-refractivity contribution is 5.98. The molecule has 0 spiro atoms. The molecule has 0 saturated heterocycles. The lowest BCUT2D eigenvalue weighted by Gasteiger charge is -2.14. The Labute approximate surface area is 115 Å². The molecule has 1 aromatic rings. The van der Waals surface area contributed by atoms with E-state index in [0.29, 0.717) is 11.3 Å². The number of hydrogen-bond acceptors (Lipinski definition) is 4. The van der Waals surface area contributed by atoms with Crippen LogP contribution in [0.25, 0.3) is 0 Å². The van der Waals surface area contributed by atoms with Crippen LogP contribution in [0.4, 0.5) is 5.69 Å². The van der Waals surface area contributed by atoms with Gasteiger partial charge in [-0.25, -0.2) is 4.79 Å². The first-order chi connectivity index (χ1) is 9.32. The van der Waals surface area contributed by atoms with Crippen LogP contribution in [-0.4, -0.2) is 34.1 Å². The molecule has 0 aliphatic heterocycles. The Morgan fingerprint density at radius 3 is 2.50 bits per heavy atom. The van der Waals surface area contributed by atoms with Crippen LogP contribution < -0.4 is 11.1 Å². The molecule has 0 heterocycles. The number of aliphatic carboxylic acids is 1. The molecule has 1 unspecified atom stereocenters. The number of carboxylic acids is 2. The molecule has 0 saturated carbocycles. The smallest absolute Gasteiger partial charge is 0.336 e. The van der Waals surface area contributed by atoms with Gasteiger partial charge in [0.2, 0.25) is 5.91 Å². The molecule has 1 rings (SSSR count). The van der Waals surface area contributed by atoms with Crippen LogP contribution in [-0.2, 0) is 9.59 Å². The Morgan fingerprint density at radius 2 is 1.95 bits per heavy atom. The van der Waals surface area contributed by atoms with Gasteiger partial charge in [0, 0.05) is 12.1 Å². The van der Waals surface area contributed by atoms with Crippen LogP contribution >= 0.6 is 0 Å². The fraction of sp³-hybridized carbons (Fsp3) is 0.308. The largest absolute Gasteiger partial charge is 0.481 e. The summed E-state index contributed by atoms with van der Waals surface area (Å²) in [5, 5.41) is 20.0. The van der Waals surface area contributed by atoms with E-state index in [1.54, 1.807) is 13.0 Å². The van der Waals surface area contributed by atoms with Gasteiger partial charge >= 0.3 is 11.9 Å². The number of hydrogen-bond donors (Lipinski definition) is 4. The van der Waals surface area contributed by atoms with Gasteiger partial charge in [-0.15, -0.1) is 0 Å². The summed E-state index contributed by atoms with van der Waals surface area (Å²) in [7, 11) is 0. The van der Waals surface area contributed by atoms with Gasteiger partial charge in [0.25, 0.3) is 0 Å². The van der Waals surface area contributed by atoms with Gasteiger partial charge in [-0.1, -0.05) is 6.07 Å². The van der Waals surface area contributed by atoms with E-state index in [1.807, 2.05) is 0 Å². The van der Waals surface area contributed by atoms with Gasteiger partial charge < -0.3 is 21.3 Å². The predicted octanol–water partition coefficient (Wildman–Crippen LogP) is 0.824. The first-order valence-electron chi connectivity index (χ1n) is 5.94. The van der Waals surface area contributed by atoms with Crippen molar-refractivity contribution in [3.8, 4) is 0 Å². The van der Waals surface area contributed by atoms with Crippen molar-refractivity contribution < 1.29 is 24.6 Å². The van der Waals surface area contributed by atoms with E-state index < -0.39 is 23.9 Å². The molecule has 1 aromatic carbocycles. The summed E-state index contributed by atoms with van der Waals surface area (Å²) >= 11 is 0. The summed E-state index contributed by atoms with van der Waals surface area (Å²) < 4.78 is 0. The van der Waals surface area contributed by atoms with Crippen molar-refractivity contribution in [2.24, 2.45) is 5.73 Å². The Kier molecular flexibility index (Phi) is 5.22. The first-order valence-corrected chi connectivity index (χ1v) is 5.94. The molecule has 0 aliphatic carbocycles. The zero-order chi connectivity index (χ0) is 15.3.